The summed E-state index contributed by atoms with van der Waals surface area (Å²) in [5.41, 5.74) is 0. The Labute approximate surface area is 131 Å². The quantitative estimate of drug-likeness (QED) is 0.798. The largest absolute Gasteiger partial charge is 0.350 e. The van der Waals surface area contributed by atoms with Crippen molar-refractivity contribution in [2.75, 3.05) is 26.3 Å². The number of nitrogens with zero attached hydrogens (tertiary/aromatic N) is 1. The molecular weight excluding hydrogens is 286 g/mol. The van der Waals surface area contributed by atoms with E-state index in [1.165, 1.54) is 0 Å². The van der Waals surface area contributed by atoms with Crippen molar-refractivity contribution < 1.29 is 19.1 Å². The van der Waals surface area contributed by atoms with Crippen LogP contribution in [0.1, 0.15) is 33.6 Å². The van der Waals surface area contributed by atoms with Crippen LogP contribution in [0.15, 0.2) is 0 Å². The van der Waals surface area contributed by atoms with Gasteiger partial charge in [0.1, 0.15) is 0 Å². The van der Waals surface area contributed by atoms with Crippen LogP contribution in [0.25, 0.3) is 0 Å². The van der Waals surface area contributed by atoms with Crippen molar-refractivity contribution >= 4 is 11.9 Å². The summed E-state index contributed by atoms with van der Waals surface area (Å²) >= 11 is 0. The third-order valence-electron chi connectivity index (χ3n) is 4.19. The Morgan fingerprint density at radius 2 is 1.68 bits per heavy atom. The summed E-state index contributed by atoms with van der Waals surface area (Å²) < 4.78 is 11.1. The Balaban J connectivity index is 1.75. The molecule has 3 amide bonds. The molecule has 1 unspecified atom stereocenters. The Bertz CT molecular complexity index is 388. The fourth-order valence-electron chi connectivity index (χ4n) is 2.91. The highest BCUT2D eigenvalue weighted by Crippen LogP contribution is 2.26. The van der Waals surface area contributed by atoms with Crippen LogP contribution in [-0.4, -0.2) is 61.5 Å². The molecule has 0 bridgehead atoms. The molecule has 2 aliphatic rings. The lowest BCUT2D eigenvalue weighted by Crippen LogP contribution is -2.52. The zero-order valence-corrected chi connectivity index (χ0v) is 13.6. The van der Waals surface area contributed by atoms with Crippen LogP contribution in [0, 0.1) is 5.92 Å². The van der Waals surface area contributed by atoms with Gasteiger partial charge in [0.2, 0.25) is 5.91 Å². The van der Waals surface area contributed by atoms with Crippen LogP contribution in [0.5, 0.6) is 0 Å². The summed E-state index contributed by atoms with van der Waals surface area (Å²) in [6, 6.07) is -0.746. The van der Waals surface area contributed by atoms with E-state index in [2.05, 4.69) is 15.5 Å². The maximum absolute atomic E-state index is 12.1. The molecule has 126 valence electrons. The molecule has 2 heterocycles. The van der Waals surface area contributed by atoms with Gasteiger partial charge < -0.3 is 14.8 Å². The van der Waals surface area contributed by atoms with Gasteiger partial charge in [-0.25, -0.2) is 4.79 Å². The van der Waals surface area contributed by atoms with Gasteiger partial charge >= 0.3 is 6.03 Å². The van der Waals surface area contributed by atoms with Crippen molar-refractivity contribution in [3.8, 4) is 0 Å². The number of amides is 3. The fourth-order valence-corrected chi connectivity index (χ4v) is 2.91. The highest BCUT2D eigenvalue weighted by molar-refractivity contribution is 5.96. The summed E-state index contributed by atoms with van der Waals surface area (Å²) in [7, 11) is 0. The van der Waals surface area contributed by atoms with Crippen LogP contribution in [0.3, 0.4) is 0 Å². The molecular formula is C15H27N3O4. The number of carbonyl (C=O) groups excluding carboxylic acids is 2. The normalized spacial score (nSPS) is 22.7. The first-order valence-electron chi connectivity index (χ1n) is 8.06. The third-order valence-corrected chi connectivity index (χ3v) is 4.19. The Kier molecular flexibility index (Phi) is 6.16. The van der Waals surface area contributed by atoms with Crippen LogP contribution in [-0.2, 0) is 14.3 Å². The van der Waals surface area contributed by atoms with E-state index in [-0.39, 0.29) is 24.3 Å². The zero-order valence-electron chi connectivity index (χ0n) is 13.6. The molecule has 7 heteroatoms. The van der Waals surface area contributed by atoms with Crippen LogP contribution < -0.4 is 10.6 Å². The van der Waals surface area contributed by atoms with E-state index in [4.69, 9.17) is 9.47 Å². The Morgan fingerprint density at radius 1 is 1.09 bits per heavy atom. The first-order valence-corrected chi connectivity index (χ1v) is 8.06. The van der Waals surface area contributed by atoms with Crippen LogP contribution >= 0.6 is 0 Å². The molecule has 0 aromatic carbocycles. The monoisotopic (exact) mass is 313 g/mol. The minimum Gasteiger partial charge on any atom is -0.350 e. The first kappa shape index (κ1) is 17.2. The van der Waals surface area contributed by atoms with Gasteiger partial charge in [0.25, 0.3) is 0 Å². The van der Waals surface area contributed by atoms with E-state index in [1.54, 1.807) is 0 Å². The number of ether oxygens (including phenoxy) is 2. The third kappa shape index (κ3) is 4.66. The van der Waals surface area contributed by atoms with Gasteiger partial charge in [-0.2, -0.15) is 0 Å². The second-order valence-electron chi connectivity index (χ2n) is 6.28. The molecule has 2 aliphatic heterocycles. The van der Waals surface area contributed by atoms with E-state index < -0.39 is 6.03 Å². The van der Waals surface area contributed by atoms with Crippen molar-refractivity contribution in [1.29, 1.82) is 0 Å². The molecule has 2 N–H and O–H groups in total. The lowest BCUT2D eigenvalue weighted by atomic mass is 9.95. The predicted molar refractivity (Wildman–Crippen MR) is 81.3 cm³/mol. The van der Waals surface area contributed by atoms with Gasteiger partial charge in [-0.3, -0.25) is 15.0 Å². The molecule has 2 fully saturated rings. The van der Waals surface area contributed by atoms with Crippen molar-refractivity contribution in [3.05, 3.63) is 0 Å². The predicted octanol–water partition coefficient (Wildman–Crippen LogP) is 0.694. The average molecular weight is 313 g/mol. The maximum Gasteiger partial charge on any atom is 0.321 e. The number of imide groups is 1. The van der Waals surface area contributed by atoms with Gasteiger partial charge in [-0.1, -0.05) is 0 Å². The zero-order chi connectivity index (χ0) is 16.1. The van der Waals surface area contributed by atoms with Crippen molar-refractivity contribution in [2.24, 2.45) is 5.92 Å². The van der Waals surface area contributed by atoms with Crippen LogP contribution in [0.4, 0.5) is 4.79 Å². The van der Waals surface area contributed by atoms with Crippen molar-refractivity contribution in [1.82, 2.24) is 15.5 Å². The number of carbonyl (C=O) groups is 2. The number of hydrogen-bond donors (Lipinski definition) is 2. The summed E-state index contributed by atoms with van der Waals surface area (Å²) in [6.45, 7) is 8.52. The van der Waals surface area contributed by atoms with Gasteiger partial charge in [0.15, 0.2) is 6.29 Å². The second kappa shape index (κ2) is 7.89. The first-order chi connectivity index (χ1) is 10.5. The molecule has 7 nitrogen and oxygen atoms in total. The maximum atomic E-state index is 12.1. The van der Waals surface area contributed by atoms with E-state index >= 15 is 0 Å². The number of likely N-dealkylation sites (tertiary alicyclic amines) is 1. The summed E-state index contributed by atoms with van der Waals surface area (Å²) in [5.74, 6) is 0.142. The molecule has 2 rings (SSSR count). The Hall–Kier alpha value is -1.18. The summed E-state index contributed by atoms with van der Waals surface area (Å²) in [6.07, 6.45) is 1.81. The molecule has 1 atom stereocenters. The molecule has 0 aromatic rings. The standard InChI is InChI=1S/C15H27N3O4/c1-10(2)16-15(20)17-13(19)11(3)18-6-4-12(5-7-18)14-21-8-9-22-14/h10-12,14H,4-9H2,1-3H3,(H2,16,17,19,20). The van der Waals surface area contributed by atoms with Crippen molar-refractivity contribution in [3.63, 3.8) is 0 Å². The SMILES string of the molecule is CC(C)NC(=O)NC(=O)C(C)N1CCC(C2OCCO2)CC1. The fraction of sp³-hybridized carbons (Fsp3) is 0.867. The van der Waals surface area contributed by atoms with Crippen LogP contribution in [0.2, 0.25) is 0 Å². The van der Waals surface area contributed by atoms with E-state index in [0.29, 0.717) is 19.1 Å². The topological polar surface area (TPSA) is 79.9 Å². The average Bonchev–Trinajstić information content (AvgIpc) is 2.99. The summed E-state index contributed by atoms with van der Waals surface area (Å²) in [4.78, 5) is 25.8. The lowest BCUT2D eigenvalue weighted by Gasteiger charge is -2.36. The van der Waals surface area contributed by atoms with E-state index in [1.807, 2.05) is 20.8 Å². The minimum atomic E-state index is -0.436. The lowest BCUT2D eigenvalue weighted by molar-refractivity contribution is -0.127. The second-order valence-corrected chi connectivity index (χ2v) is 6.28. The molecule has 0 spiro atoms. The molecule has 0 aromatic heterocycles. The Morgan fingerprint density at radius 3 is 2.23 bits per heavy atom. The highest BCUT2D eigenvalue weighted by Gasteiger charge is 2.33. The summed E-state index contributed by atoms with van der Waals surface area (Å²) in [5, 5.41) is 5.05. The minimum absolute atomic E-state index is 0.00487. The molecule has 0 radical (unpaired) electrons. The van der Waals surface area contributed by atoms with E-state index in [9.17, 15) is 9.59 Å². The van der Waals surface area contributed by atoms with Gasteiger partial charge in [0, 0.05) is 12.0 Å². The highest BCUT2D eigenvalue weighted by atomic mass is 16.7. The van der Waals surface area contributed by atoms with E-state index in [0.717, 1.165) is 25.9 Å². The molecule has 2 saturated heterocycles. The van der Waals surface area contributed by atoms with Crippen molar-refractivity contribution in [2.45, 2.75) is 52.0 Å². The van der Waals surface area contributed by atoms with Gasteiger partial charge in [0.05, 0.1) is 19.3 Å². The number of nitrogens with one attached hydrogen (secondary N) is 2. The number of piperidine rings is 1. The van der Waals surface area contributed by atoms with Gasteiger partial charge in [-0.05, 0) is 46.7 Å². The van der Waals surface area contributed by atoms with Gasteiger partial charge in [-0.15, -0.1) is 0 Å². The molecule has 22 heavy (non-hydrogen) atoms. The number of urea groups is 1. The number of hydrogen-bond acceptors (Lipinski definition) is 5. The molecule has 0 saturated carbocycles. The smallest absolute Gasteiger partial charge is 0.321 e. The molecule has 0 aliphatic carbocycles. The number of rotatable bonds is 4.